The molecule has 0 spiro atoms. The Morgan fingerprint density at radius 3 is 2.90 bits per heavy atom. The predicted octanol–water partition coefficient (Wildman–Crippen LogP) is 3.33. The second-order valence-corrected chi connectivity index (χ2v) is 5.63. The van der Waals surface area contributed by atoms with E-state index in [1.54, 1.807) is 23.6 Å². The molecule has 0 aliphatic rings. The van der Waals surface area contributed by atoms with Crippen molar-refractivity contribution in [2.24, 2.45) is 0 Å². The Morgan fingerprint density at radius 2 is 2.15 bits per heavy atom. The second kappa shape index (κ2) is 5.64. The molecule has 0 fully saturated rings. The maximum absolute atomic E-state index is 13.8. The number of benzene rings is 1. The fourth-order valence-electron chi connectivity index (χ4n) is 2.22. The quantitative estimate of drug-likeness (QED) is 0.800. The number of para-hydroxylation sites is 1. The van der Waals surface area contributed by atoms with Gasteiger partial charge in [-0.05, 0) is 25.2 Å². The number of halogens is 1. The molecule has 3 nitrogen and oxygen atoms in total. The average molecular weight is 287 g/mol. The van der Waals surface area contributed by atoms with E-state index in [0.717, 1.165) is 15.2 Å². The van der Waals surface area contributed by atoms with Gasteiger partial charge in [0.15, 0.2) is 0 Å². The molecular weight excluding hydrogens is 273 g/mol. The Bertz CT molecular complexity index is 693. The van der Waals surface area contributed by atoms with Crippen molar-refractivity contribution in [2.75, 3.05) is 7.05 Å². The van der Waals surface area contributed by atoms with Crippen LogP contribution < -0.4 is 5.32 Å². The molecule has 0 radical (unpaired) electrons. The Kier molecular flexibility index (Phi) is 3.71. The minimum absolute atomic E-state index is 0.0986. The third-order valence-corrected chi connectivity index (χ3v) is 4.30. The minimum Gasteiger partial charge on any atom is -0.313 e. The molecule has 2 heterocycles. The lowest BCUT2D eigenvalue weighted by molar-refractivity contribution is 0.530. The molecule has 20 heavy (non-hydrogen) atoms. The van der Waals surface area contributed by atoms with E-state index < -0.39 is 0 Å². The van der Waals surface area contributed by atoms with E-state index in [1.807, 2.05) is 25.2 Å². The number of hydrogen-bond acceptors (Lipinski definition) is 4. The van der Waals surface area contributed by atoms with Gasteiger partial charge >= 0.3 is 0 Å². The summed E-state index contributed by atoms with van der Waals surface area (Å²) in [6.07, 6.45) is 3.52. The predicted molar refractivity (Wildman–Crippen MR) is 79.3 cm³/mol. The van der Waals surface area contributed by atoms with E-state index in [-0.39, 0.29) is 11.9 Å². The first-order valence-electron chi connectivity index (χ1n) is 6.39. The smallest absolute Gasteiger partial charge is 0.146 e. The highest BCUT2D eigenvalue weighted by atomic mass is 32.1. The SMILES string of the molecule is CNC(Cc1nc2ccccc2s1)c1ccncc1F. The van der Waals surface area contributed by atoms with E-state index in [2.05, 4.69) is 21.4 Å². The van der Waals surface area contributed by atoms with Gasteiger partial charge in [0.2, 0.25) is 0 Å². The van der Waals surface area contributed by atoms with Gasteiger partial charge in [-0.2, -0.15) is 0 Å². The number of likely N-dealkylation sites (N-methyl/N-ethyl adjacent to an activating group) is 1. The average Bonchev–Trinajstić information content (AvgIpc) is 2.88. The number of nitrogens with one attached hydrogen (secondary N) is 1. The Hall–Kier alpha value is -1.85. The third kappa shape index (κ3) is 2.55. The van der Waals surface area contributed by atoms with Crippen LogP contribution in [0, 0.1) is 5.82 Å². The molecular formula is C15H14FN3S. The molecule has 102 valence electrons. The van der Waals surface area contributed by atoms with Gasteiger partial charge in [0.1, 0.15) is 5.82 Å². The largest absolute Gasteiger partial charge is 0.313 e. The molecule has 0 aliphatic carbocycles. The van der Waals surface area contributed by atoms with Crippen LogP contribution in [0.1, 0.15) is 16.6 Å². The summed E-state index contributed by atoms with van der Waals surface area (Å²) >= 11 is 1.65. The van der Waals surface area contributed by atoms with Crippen molar-refractivity contribution < 1.29 is 4.39 Å². The van der Waals surface area contributed by atoms with E-state index in [1.165, 1.54) is 6.20 Å². The first-order valence-corrected chi connectivity index (χ1v) is 7.20. The summed E-state index contributed by atoms with van der Waals surface area (Å²) in [5.74, 6) is -0.284. The molecule has 1 aromatic carbocycles. The zero-order valence-corrected chi connectivity index (χ0v) is 11.8. The third-order valence-electron chi connectivity index (χ3n) is 3.24. The molecule has 1 atom stereocenters. The van der Waals surface area contributed by atoms with Crippen molar-refractivity contribution >= 4 is 21.6 Å². The number of thiazole rings is 1. The standard InChI is InChI=1S/C15H14FN3S/c1-17-13(10-6-7-18-9-11(10)16)8-15-19-12-4-2-3-5-14(12)20-15/h2-7,9,13,17H,8H2,1H3. The maximum atomic E-state index is 13.8. The second-order valence-electron chi connectivity index (χ2n) is 4.52. The van der Waals surface area contributed by atoms with Crippen LogP contribution in [-0.4, -0.2) is 17.0 Å². The van der Waals surface area contributed by atoms with Crippen molar-refractivity contribution in [2.45, 2.75) is 12.5 Å². The summed E-state index contributed by atoms with van der Waals surface area (Å²) < 4.78 is 15.0. The first kappa shape index (κ1) is 13.1. The van der Waals surface area contributed by atoms with Crippen LogP contribution in [0.25, 0.3) is 10.2 Å². The number of pyridine rings is 1. The molecule has 0 saturated carbocycles. The molecule has 0 bridgehead atoms. The van der Waals surface area contributed by atoms with Crippen molar-refractivity contribution in [3.63, 3.8) is 0 Å². The number of rotatable bonds is 4. The van der Waals surface area contributed by atoms with Crippen LogP contribution >= 0.6 is 11.3 Å². The van der Waals surface area contributed by atoms with Gasteiger partial charge in [-0.1, -0.05) is 12.1 Å². The summed E-state index contributed by atoms with van der Waals surface area (Å²) in [7, 11) is 1.83. The zero-order valence-electron chi connectivity index (χ0n) is 11.0. The number of nitrogens with zero attached hydrogens (tertiary/aromatic N) is 2. The van der Waals surface area contributed by atoms with Gasteiger partial charge in [0, 0.05) is 24.2 Å². The molecule has 0 amide bonds. The Labute approximate surface area is 120 Å². The van der Waals surface area contributed by atoms with Crippen molar-refractivity contribution in [3.05, 3.63) is 59.1 Å². The fourth-order valence-corrected chi connectivity index (χ4v) is 3.23. The lowest BCUT2D eigenvalue weighted by atomic mass is 10.1. The van der Waals surface area contributed by atoms with E-state index >= 15 is 0 Å². The minimum atomic E-state index is -0.284. The van der Waals surface area contributed by atoms with Crippen molar-refractivity contribution in [1.29, 1.82) is 0 Å². The molecule has 0 saturated heterocycles. The summed E-state index contributed by atoms with van der Waals surface area (Å²) in [5, 5.41) is 4.15. The normalized spacial score (nSPS) is 12.7. The number of hydrogen-bond donors (Lipinski definition) is 1. The maximum Gasteiger partial charge on any atom is 0.146 e. The Balaban J connectivity index is 1.90. The molecule has 3 rings (SSSR count). The molecule has 0 aliphatic heterocycles. The molecule has 1 N–H and O–H groups in total. The number of aromatic nitrogens is 2. The van der Waals surface area contributed by atoms with Crippen LogP contribution in [0.5, 0.6) is 0 Å². The van der Waals surface area contributed by atoms with Gasteiger partial charge < -0.3 is 5.32 Å². The van der Waals surface area contributed by atoms with Gasteiger partial charge in [-0.3, -0.25) is 4.98 Å². The fraction of sp³-hybridized carbons (Fsp3) is 0.200. The van der Waals surface area contributed by atoms with E-state index in [9.17, 15) is 4.39 Å². The van der Waals surface area contributed by atoms with Crippen LogP contribution in [0.4, 0.5) is 4.39 Å². The van der Waals surface area contributed by atoms with Crippen LogP contribution in [0.3, 0.4) is 0 Å². The highest BCUT2D eigenvalue weighted by Crippen LogP contribution is 2.26. The summed E-state index contributed by atoms with van der Waals surface area (Å²) in [6.45, 7) is 0. The number of fused-ring (bicyclic) bond motifs is 1. The lowest BCUT2D eigenvalue weighted by Gasteiger charge is -2.15. The van der Waals surface area contributed by atoms with E-state index in [4.69, 9.17) is 0 Å². The van der Waals surface area contributed by atoms with Crippen LogP contribution in [-0.2, 0) is 6.42 Å². The topological polar surface area (TPSA) is 37.8 Å². The van der Waals surface area contributed by atoms with Crippen LogP contribution in [0.15, 0.2) is 42.7 Å². The molecule has 2 aromatic heterocycles. The molecule has 1 unspecified atom stereocenters. The van der Waals surface area contributed by atoms with Gasteiger partial charge in [-0.15, -0.1) is 11.3 Å². The lowest BCUT2D eigenvalue weighted by Crippen LogP contribution is -2.20. The molecule has 5 heteroatoms. The zero-order chi connectivity index (χ0) is 13.9. The monoisotopic (exact) mass is 287 g/mol. The van der Waals surface area contributed by atoms with E-state index in [0.29, 0.717) is 12.0 Å². The van der Waals surface area contributed by atoms with Gasteiger partial charge in [0.25, 0.3) is 0 Å². The first-order chi connectivity index (χ1) is 9.78. The highest BCUT2D eigenvalue weighted by molar-refractivity contribution is 7.18. The van der Waals surface area contributed by atoms with Gasteiger partial charge in [0.05, 0.1) is 21.4 Å². The Morgan fingerprint density at radius 1 is 1.30 bits per heavy atom. The van der Waals surface area contributed by atoms with Gasteiger partial charge in [-0.25, -0.2) is 9.37 Å². The van der Waals surface area contributed by atoms with Crippen molar-refractivity contribution in [3.8, 4) is 0 Å². The molecule has 3 aromatic rings. The summed E-state index contributed by atoms with van der Waals surface area (Å²) in [4.78, 5) is 8.38. The van der Waals surface area contributed by atoms with Crippen molar-refractivity contribution in [1.82, 2.24) is 15.3 Å². The van der Waals surface area contributed by atoms with Crippen LogP contribution in [0.2, 0.25) is 0 Å². The highest BCUT2D eigenvalue weighted by Gasteiger charge is 2.16. The summed E-state index contributed by atoms with van der Waals surface area (Å²) in [5.41, 5.74) is 1.62. The summed E-state index contributed by atoms with van der Waals surface area (Å²) in [6, 6.07) is 9.64.